The molecule has 0 aromatic carbocycles. The van der Waals surface area contributed by atoms with E-state index in [2.05, 4.69) is 4.90 Å². The van der Waals surface area contributed by atoms with Crippen LogP contribution >= 0.6 is 0 Å². The molecule has 1 saturated carbocycles. The minimum atomic E-state index is -0.839. The molecule has 0 radical (unpaired) electrons. The highest BCUT2D eigenvalue weighted by Crippen LogP contribution is 2.29. The van der Waals surface area contributed by atoms with E-state index in [-0.39, 0.29) is 11.8 Å². The second-order valence-corrected chi connectivity index (χ2v) is 7.15. The maximum Gasteiger partial charge on any atom is 0.307 e. The quantitative estimate of drug-likeness (QED) is 0.809. The number of nitrogens with zero attached hydrogens (tertiary/aromatic N) is 2. The zero-order valence-corrected chi connectivity index (χ0v) is 13.8. The van der Waals surface area contributed by atoms with Gasteiger partial charge < -0.3 is 10.0 Å². The molecule has 5 heteroatoms. The van der Waals surface area contributed by atoms with E-state index in [0.717, 1.165) is 26.2 Å². The van der Waals surface area contributed by atoms with Gasteiger partial charge in [-0.15, -0.1) is 0 Å². The summed E-state index contributed by atoms with van der Waals surface area (Å²) in [5.74, 6) is -1.72. The van der Waals surface area contributed by atoms with Crippen molar-refractivity contribution in [3.8, 4) is 0 Å². The van der Waals surface area contributed by atoms with Crippen molar-refractivity contribution in [3.05, 3.63) is 12.2 Å². The lowest BCUT2D eigenvalue weighted by atomic mass is 9.82. The number of hydrogen-bond donors (Lipinski definition) is 1. The van der Waals surface area contributed by atoms with Crippen molar-refractivity contribution in [2.45, 2.75) is 51.0 Å². The van der Waals surface area contributed by atoms with Gasteiger partial charge >= 0.3 is 5.97 Å². The van der Waals surface area contributed by atoms with Gasteiger partial charge in [-0.3, -0.25) is 14.5 Å². The second kappa shape index (κ2) is 7.47. The first-order chi connectivity index (χ1) is 11.2. The summed E-state index contributed by atoms with van der Waals surface area (Å²) >= 11 is 0. The van der Waals surface area contributed by atoms with Crippen molar-refractivity contribution >= 4 is 11.9 Å². The maximum absolute atomic E-state index is 12.8. The molecule has 1 aliphatic heterocycles. The van der Waals surface area contributed by atoms with E-state index < -0.39 is 11.9 Å². The van der Waals surface area contributed by atoms with Gasteiger partial charge in [0.2, 0.25) is 5.91 Å². The number of amides is 1. The van der Waals surface area contributed by atoms with Crippen LogP contribution in [0.3, 0.4) is 0 Å². The molecule has 0 unspecified atom stereocenters. The molecule has 3 rings (SSSR count). The number of rotatable bonds is 3. The predicted octanol–water partition coefficient (Wildman–Crippen LogP) is 2.13. The second-order valence-electron chi connectivity index (χ2n) is 7.15. The Hall–Kier alpha value is -1.36. The molecule has 23 heavy (non-hydrogen) atoms. The van der Waals surface area contributed by atoms with Gasteiger partial charge in [-0.25, -0.2) is 0 Å². The van der Waals surface area contributed by atoms with Crippen molar-refractivity contribution < 1.29 is 14.7 Å². The molecule has 128 valence electrons. The van der Waals surface area contributed by atoms with Crippen LogP contribution in [0.15, 0.2) is 12.2 Å². The Morgan fingerprint density at radius 1 is 0.870 bits per heavy atom. The third kappa shape index (κ3) is 3.77. The fourth-order valence-electron chi connectivity index (χ4n) is 4.35. The Balaban J connectivity index is 1.55. The summed E-state index contributed by atoms with van der Waals surface area (Å²) in [5.41, 5.74) is 0. The van der Waals surface area contributed by atoms with Gasteiger partial charge in [-0.1, -0.05) is 31.4 Å². The van der Waals surface area contributed by atoms with Gasteiger partial charge in [0.1, 0.15) is 0 Å². The molecule has 0 aromatic rings. The van der Waals surface area contributed by atoms with Crippen LogP contribution in [-0.4, -0.2) is 59.0 Å². The Morgan fingerprint density at radius 2 is 1.48 bits per heavy atom. The number of allylic oxidation sites excluding steroid dienone is 2. The molecule has 2 aliphatic carbocycles. The summed E-state index contributed by atoms with van der Waals surface area (Å²) in [6.45, 7) is 3.39. The SMILES string of the molecule is O=C(O)[C@H]1CC=CC[C@H]1C(=O)N1CCN(C2CCCCC2)CC1. The molecule has 3 aliphatic rings. The van der Waals surface area contributed by atoms with Crippen LogP contribution in [0.5, 0.6) is 0 Å². The van der Waals surface area contributed by atoms with Gasteiger partial charge in [0.05, 0.1) is 11.8 Å². The Kier molecular flexibility index (Phi) is 5.36. The molecular formula is C18H28N2O3. The monoisotopic (exact) mass is 320 g/mol. The van der Waals surface area contributed by atoms with Crippen LogP contribution < -0.4 is 0 Å². The number of carbonyl (C=O) groups excluding carboxylic acids is 1. The molecule has 0 spiro atoms. The normalized spacial score (nSPS) is 30.3. The van der Waals surface area contributed by atoms with Gasteiger partial charge in [-0.2, -0.15) is 0 Å². The van der Waals surface area contributed by atoms with E-state index in [4.69, 9.17) is 0 Å². The minimum Gasteiger partial charge on any atom is -0.481 e. The number of carbonyl (C=O) groups is 2. The first kappa shape index (κ1) is 16.5. The van der Waals surface area contributed by atoms with E-state index in [1.807, 2.05) is 17.1 Å². The van der Waals surface area contributed by atoms with Crippen molar-refractivity contribution in [2.24, 2.45) is 11.8 Å². The van der Waals surface area contributed by atoms with Crippen LogP contribution in [0, 0.1) is 11.8 Å². The summed E-state index contributed by atoms with van der Waals surface area (Å²) < 4.78 is 0. The Bertz CT molecular complexity index is 463. The zero-order valence-electron chi connectivity index (χ0n) is 13.8. The maximum atomic E-state index is 12.8. The van der Waals surface area contributed by atoms with Gasteiger partial charge in [-0.05, 0) is 25.7 Å². The molecule has 1 amide bonds. The summed E-state index contributed by atoms with van der Waals surface area (Å²) in [6, 6.07) is 0.699. The number of carboxylic acids is 1. The van der Waals surface area contributed by atoms with Crippen LogP contribution in [0.25, 0.3) is 0 Å². The molecule has 5 nitrogen and oxygen atoms in total. The van der Waals surface area contributed by atoms with Crippen LogP contribution in [0.4, 0.5) is 0 Å². The summed E-state index contributed by atoms with van der Waals surface area (Å²) in [7, 11) is 0. The standard InChI is InChI=1S/C18H28N2O3/c21-17(15-8-4-5-9-16(15)18(22)23)20-12-10-19(11-13-20)14-6-2-1-3-7-14/h4-5,14-16H,1-3,6-13H2,(H,22,23)/t15-,16+/m1/s1. The lowest BCUT2D eigenvalue weighted by Gasteiger charge is -2.42. The van der Waals surface area contributed by atoms with Crippen LogP contribution in [0.2, 0.25) is 0 Å². The third-order valence-corrected chi connectivity index (χ3v) is 5.78. The number of aliphatic carboxylic acids is 1. The fourth-order valence-corrected chi connectivity index (χ4v) is 4.35. The van der Waals surface area contributed by atoms with E-state index in [9.17, 15) is 14.7 Å². The highest BCUT2D eigenvalue weighted by atomic mass is 16.4. The topological polar surface area (TPSA) is 60.9 Å². The molecule has 0 aromatic heterocycles. The molecule has 0 bridgehead atoms. The van der Waals surface area contributed by atoms with Crippen molar-refractivity contribution in [3.63, 3.8) is 0 Å². The molecule has 2 atom stereocenters. The third-order valence-electron chi connectivity index (χ3n) is 5.78. The van der Waals surface area contributed by atoms with E-state index >= 15 is 0 Å². The van der Waals surface area contributed by atoms with Crippen LogP contribution in [0.1, 0.15) is 44.9 Å². The van der Waals surface area contributed by atoms with Crippen molar-refractivity contribution in [2.75, 3.05) is 26.2 Å². The predicted molar refractivity (Wildman–Crippen MR) is 88.0 cm³/mol. The number of carboxylic acid groups (broad SMARTS) is 1. The molecule has 1 saturated heterocycles. The average molecular weight is 320 g/mol. The zero-order chi connectivity index (χ0) is 16.2. The summed E-state index contributed by atoms with van der Waals surface area (Å²) in [6.07, 6.45) is 11.5. The van der Waals surface area contributed by atoms with E-state index in [0.29, 0.717) is 18.9 Å². The Labute approximate surface area is 138 Å². The Morgan fingerprint density at radius 3 is 2.09 bits per heavy atom. The van der Waals surface area contributed by atoms with Gasteiger partial charge in [0, 0.05) is 32.2 Å². The smallest absolute Gasteiger partial charge is 0.307 e. The lowest BCUT2D eigenvalue weighted by molar-refractivity contribution is -0.151. The number of piperazine rings is 1. The van der Waals surface area contributed by atoms with E-state index in [1.54, 1.807) is 0 Å². The molecule has 1 N–H and O–H groups in total. The highest BCUT2D eigenvalue weighted by molar-refractivity contribution is 5.85. The first-order valence-electron chi connectivity index (χ1n) is 9.07. The van der Waals surface area contributed by atoms with Crippen molar-refractivity contribution in [1.29, 1.82) is 0 Å². The summed E-state index contributed by atoms with van der Waals surface area (Å²) in [5, 5.41) is 9.36. The highest BCUT2D eigenvalue weighted by Gasteiger charge is 2.37. The first-order valence-corrected chi connectivity index (χ1v) is 9.07. The lowest BCUT2D eigenvalue weighted by Crippen LogP contribution is -2.54. The average Bonchev–Trinajstić information content (AvgIpc) is 2.62. The minimum absolute atomic E-state index is 0.0463. The van der Waals surface area contributed by atoms with E-state index in [1.165, 1.54) is 32.1 Å². The largest absolute Gasteiger partial charge is 0.481 e. The number of hydrogen-bond acceptors (Lipinski definition) is 3. The fraction of sp³-hybridized carbons (Fsp3) is 0.778. The molecule has 2 fully saturated rings. The molecule has 1 heterocycles. The van der Waals surface area contributed by atoms with Gasteiger partial charge in [0.15, 0.2) is 0 Å². The molecular weight excluding hydrogens is 292 g/mol. The van der Waals surface area contributed by atoms with Crippen LogP contribution in [-0.2, 0) is 9.59 Å². The van der Waals surface area contributed by atoms with Crippen molar-refractivity contribution in [1.82, 2.24) is 9.80 Å². The van der Waals surface area contributed by atoms with Gasteiger partial charge in [0.25, 0.3) is 0 Å². The summed E-state index contributed by atoms with van der Waals surface area (Å²) in [4.78, 5) is 28.6.